The summed E-state index contributed by atoms with van der Waals surface area (Å²) in [7, 11) is 0. The molecule has 1 saturated heterocycles. The number of pyridine rings is 1. The number of nitrogens with zero attached hydrogens (tertiary/aromatic N) is 4. The first-order valence-electron chi connectivity index (χ1n) is 13.1. The molecule has 1 unspecified atom stereocenters. The highest BCUT2D eigenvalue weighted by Gasteiger charge is 2.47. The van der Waals surface area contributed by atoms with Crippen LogP contribution in [-0.2, 0) is 13.1 Å². The van der Waals surface area contributed by atoms with Gasteiger partial charge in [-0.2, -0.15) is 0 Å². The van der Waals surface area contributed by atoms with Gasteiger partial charge in [0.1, 0.15) is 0 Å². The lowest BCUT2D eigenvalue weighted by atomic mass is 9.92. The summed E-state index contributed by atoms with van der Waals surface area (Å²) in [6.07, 6.45) is 2.49. The first kappa shape index (κ1) is 24.9. The van der Waals surface area contributed by atoms with Gasteiger partial charge in [0.15, 0.2) is 0 Å². The van der Waals surface area contributed by atoms with Crippen LogP contribution in [0.4, 0.5) is 14.5 Å². The largest absolute Gasteiger partial charge is 0.366 e. The Kier molecular flexibility index (Phi) is 6.09. The third-order valence-corrected chi connectivity index (χ3v) is 9.52. The SMILES string of the molecule is O=c1ccn(CC(F)F)c(=O)n1Cc1cc2nccc(-c3cc(Cl)cc4c3N(C3CCNC3)C[C@H]3C[C@@H]43)c2s1. The maximum Gasteiger partial charge on any atom is 0.331 e. The summed E-state index contributed by atoms with van der Waals surface area (Å²) in [5.74, 6) is 1.22. The number of thiophene rings is 1. The standard InChI is InChI=1S/C28H26ClF2N5O2S/c29-16-8-21(26-22(9-16)20-7-15(20)12-35(26)17-1-4-32-11-17)19-2-5-33-23-10-18(39-27(19)23)13-36-25(37)3-6-34(28(36)38)14-24(30)31/h2-3,5-6,8-10,15,17,20,24,32H,1,4,7,11-14H2/t15-,17?,20-/m1/s1. The maximum absolute atomic E-state index is 12.9. The zero-order valence-corrected chi connectivity index (χ0v) is 22.5. The van der Waals surface area contributed by atoms with Crippen LogP contribution in [0.2, 0.25) is 5.02 Å². The number of rotatable bonds is 6. The minimum atomic E-state index is -2.70. The van der Waals surface area contributed by atoms with Crippen molar-refractivity contribution in [1.29, 1.82) is 0 Å². The predicted octanol–water partition coefficient (Wildman–Crippen LogP) is 4.54. The highest BCUT2D eigenvalue weighted by molar-refractivity contribution is 7.19. The lowest BCUT2D eigenvalue weighted by Gasteiger charge is -2.37. The summed E-state index contributed by atoms with van der Waals surface area (Å²) < 4.78 is 28.7. The highest BCUT2D eigenvalue weighted by Crippen LogP contribution is 2.58. The van der Waals surface area contributed by atoms with Crippen molar-refractivity contribution in [2.45, 2.75) is 44.3 Å². The molecule has 7 rings (SSSR count). The Labute approximate surface area is 231 Å². The Balaban J connectivity index is 1.33. The van der Waals surface area contributed by atoms with E-state index in [0.29, 0.717) is 22.9 Å². The normalized spacial score (nSPS) is 21.9. The molecule has 202 valence electrons. The molecule has 1 aliphatic carbocycles. The van der Waals surface area contributed by atoms with Crippen molar-refractivity contribution in [2.75, 3.05) is 24.5 Å². The van der Waals surface area contributed by atoms with E-state index >= 15 is 0 Å². The number of anilines is 1. The Hall–Kier alpha value is -3.08. The van der Waals surface area contributed by atoms with Crippen molar-refractivity contribution in [2.24, 2.45) is 5.92 Å². The molecule has 4 aromatic rings. The number of aromatic nitrogens is 3. The van der Waals surface area contributed by atoms with Crippen LogP contribution in [0.15, 0.2) is 52.3 Å². The molecule has 39 heavy (non-hydrogen) atoms. The molecule has 7 nitrogen and oxygen atoms in total. The van der Waals surface area contributed by atoms with Crippen molar-refractivity contribution < 1.29 is 8.78 Å². The van der Waals surface area contributed by atoms with Gasteiger partial charge in [-0.3, -0.25) is 18.9 Å². The quantitative estimate of drug-likeness (QED) is 0.369. The molecule has 3 aliphatic rings. The predicted molar refractivity (Wildman–Crippen MR) is 150 cm³/mol. The van der Waals surface area contributed by atoms with E-state index in [1.54, 1.807) is 6.20 Å². The zero-order valence-electron chi connectivity index (χ0n) is 20.9. The average Bonchev–Trinajstić information content (AvgIpc) is 3.29. The molecule has 0 bridgehead atoms. The summed E-state index contributed by atoms with van der Waals surface area (Å²) in [4.78, 5) is 33.2. The lowest BCUT2D eigenvalue weighted by molar-refractivity contribution is 0.124. The lowest BCUT2D eigenvalue weighted by Crippen LogP contribution is -2.41. The van der Waals surface area contributed by atoms with Crippen molar-refractivity contribution in [3.63, 3.8) is 0 Å². The Morgan fingerprint density at radius 1 is 1.18 bits per heavy atom. The summed E-state index contributed by atoms with van der Waals surface area (Å²) in [6, 6.07) is 9.62. The average molecular weight is 570 g/mol. The Morgan fingerprint density at radius 3 is 2.85 bits per heavy atom. The number of hydrogen-bond donors (Lipinski definition) is 1. The smallest absolute Gasteiger partial charge is 0.331 e. The van der Waals surface area contributed by atoms with E-state index in [4.69, 9.17) is 11.6 Å². The van der Waals surface area contributed by atoms with Crippen molar-refractivity contribution in [3.05, 3.63) is 79.0 Å². The molecule has 2 aliphatic heterocycles. The monoisotopic (exact) mass is 569 g/mol. The van der Waals surface area contributed by atoms with Crippen LogP contribution in [-0.4, -0.2) is 46.2 Å². The number of benzene rings is 1. The maximum atomic E-state index is 12.9. The molecule has 5 heterocycles. The van der Waals surface area contributed by atoms with E-state index < -0.39 is 24.2 Å². The van der Waals surface area contributed by atoms with Crippen molar-refractivity contribution in [1.82, 2.24) is 19.4 Å². The highest BCUT2D eigenvalue weighted by atomic mass is 35.5. The second-order valence-corrected chi connectivity index (χ2v) is 12.2. The molecular formula is C28H26ClF2N5O2S. The van der Waals surface area contributed by atoms with Crippen molar-refractivity contribution >= 4 is 38.8 Å². The molecule has 3 aromatic heterocycles. The molecule has 0 amide bonds. The van der Waals surface area contributed by atoms with Gasteiger partial charge in [-0.05, 0) is 61.1 Å². The summed E-state index contributed by atoms with van der Waals surface area (Å²) in [5.41, 5.74) is 4.14. The van der Waals surface area contributed by atoms with Gasteiger partial charge in [0, 0.05) is 64.3 Å². The topological polar surface area (TPSA) is 72.2 Å². The van der Waals surface area contributed by atoms with E-state index in [-0.39, 0.29) is 6.54 Å². The zero-order chi connectivity index (χ0) is 26.8. The fourth-order valence-electron chi connectivity index (χ4n) is 6.26. The van der Waals surface area contributed by atoms with Gasteiger partial charge in [-0.25, -0.2) is 13.6 Å². The molecule has 0 spiro atoms. The van der Waals surface area contributed by atoms with Gasteiger partial charge in [0.05, 0.1) is 23.3 Å². The fraction of sp³-hybridized carbons (Fsp3) is 0.393. The Morgan fingerprint density at radius 2 is 2.05 bits per heavy atom. The van der Waals surface area contributed by atoms with Gasteiger partial charge in [-0.15, -0.1) is 11.3 Å². The van der Waals surface area contributed by atoms with Gasteiger partial charge in [0.25, 0.3) is 12.0 Å². The van der Waals surface area contributed by atoms with Gasteiger partial charge in [0.2, 0.25) is 0 Å². The fourth-order valence-corrected chi connectivity index (χ4v) is 7.62. The molecule has 11 heteroatoms. The molecule has 1 N–H and O–H groups in total. The van der Waals surface area contributed by atoms with Crippen LogP contribution in [0.25, 0.3) is 21.3 Å². The van der Waals surface area contributed by atoms with Crippen LogP contribution in [0.5, 0.6) is 0 Å². The van der Waals surface area contributed by atoms with E-state index in [9.17, 15) is 18.4 Å². The Bertz CT molecular complexity index is 1710. The number of hydrogen-bond acceptors (Lipinski definition) is 6. The minimum absolute atomic E-state index is 0.0144. The molecular weight excluding hydrogens is 544 g/mol. The summed E-state index contributed by atoms with van der Waals surface area (Å²) in [6.45, 7) is 2.25. The molecule has 2 fully saturated rings. The van der Waals surface area contributed by atoms with E-state index in [1.165, 1.54) is 29.0 Å². The second kappa shape index (κ2) is 9.53. The third-order valence-electron chi connectivity index (χ3n) is 8.16. The molecule has 1 aromatic carbocycles. The third kappa shape index (κ3) is 4.38. The van der Waals surface area contributed by atoms with Crippen LogP contribution >= 0.6 is 22.9 Å². The van der Waals surface area contributed by atoms with E-state index in [0.717, 1.165) is 73.7 Å². The second-order valence-electron chi connectivity index (χ2n) is 10.6. The molecule has 1 saturated carbocycles. The first-order valence-corrected chi connectivity index (χ1v) is 14.3. The van der Waals surface area contributed by atoms with Gasteiger partial charge in [-0.1, -0.05) is 11.6 Å². The van der Waals surface area contributed by atoms with Crippen LogP contribution in [0.1, 0.15) is 29.2 Å². The van der Waals surface area contributed by atoms with Crippen LogP contribution < -0.4 is 21.5 Å². The van der Waals surface area contributed by atoms with Crippen LogP contribution in [0.3, 0.4) is 0 Å². The first-order chi connectivity index (χ1) is 18.9. The van der Waals surface area contributed by atoms with Crippen LogP contribution in [0, 0.1) is 5.92 Å². The summed E-state index contributed by atoms with van der Waals surface area (Å²) >= 11 is 8.16. The van der Waals surface area contributed by atoms with E-state index in [1.807, 2.05) is 18.2 Å². The number of halogens is 3. The van der Waals surface area contributed by atoms with Crippen molar-refractivity contribution in [3.8, 4) is 11.1 Å². The number of alkyl halides is 2. The molecule has 0 radical (unpaired) electrons. The van der Waals surface area contributed by atoms with Gasteiger partial charge < -0.3 is 10.2 Å². The number of fused-ring (bicyclic) bond motifs is 4. The number of nitrogens with one attached hydrogen (secondary N) is 1. The summed E-state index contributed by atoms with van der Waals surface area (Å²) in [5, 5.41) is 4.21. The van der Waals surface area contributed by atoms with E-state index in [2.05, 4.69) is 21.3 Å². The minimum Gasteiger partial charge on any atom is -0.366 e. The molecule has 3 atom stereocenters. The van der Waals surface area contributed by atoms with Gasteiger partial charge >= 0.3 is 5.69 Å².